The third kappa shape index (κ3) is 3.85. The van der Waals surface area contributed by atoms with E-state index in [0.717, 1.165) is 31.4 Å². The van der Waals surface area contributed by atoms with Crippen molar-refractivity contribution in [2.24, 2.45) is 0 Å². The second-order valence-corrected chi connectivity index (χ2v) is 10.5. The Bertz CT molecular complexity index is 1540. The zero-order chi connectivity index (χ0) is 26.1. The molecule has 1 nitrogen and oxygen atoms in total. The Kier molecular flexibility index (Phi) is 6.37. The van der Waals surface area contributed by atoms with Gasteiger partial charge in [0.1, 0.15) is 0 Å². The maximum absolute atomic E-state index is 4.02. The quantitative estimate of drug-likeness (QED) is 0.253. The maximum atomic E-state index is 4.02. The molecule has 0 atom stereocenters. The standard InChI is InChI=1S/C37H35N/c1-4-13-27-14-7-12-19-36(27)38-29-22-23-30-28(21-20-26(5-2)6-3)25-37(35(30)24-29)33-17-10-8-15-31(33)32-16-9-11-18-34(32)37/h5,7-12,14-24,38H,2,4,6,13,25H2,1,3H3/b26-20-,28-21+. The van der Waals surface area contributed by atoms with Crippen LogP contribution in [0.1, 0.15) is 60.9 Å². The molecule has 0 amide bonds. The normalized spacial score (nSPS) is 15.8. The number of aryl methyl sites for hydroxylation is 1. The summed E-state index contributed by atoms with van der Waals surface area (Å²) in [5.41, 5.74) is 14.5. The summed E-state index contributed by atoms with van der Waals surface area (Å²) in [6, 6.07) is 33.7. The Labute approximate surface area is 227 Å². The predicted molar refractivity (Wildman–Crippen MR) is 163 cm³/mol. The number of fused-ring (bicyclic) bond motifs is 7. The number of para-hydroxylation sites is 1. The lowest BCUT2D eigenvalue weighted by Crippen LogP contribution is -2.23. The molecular weight excluding hydrogens is 458 g/mol. The summed E-state index contributed by atoms with van der Waals surface area (Å²) >= 11 is 0. The van der Waals surface area contributed by atoms with Crippen molar-refractivity contribution in [2.45, 2.75) is 44.9 Å². The van der Waals surface area contributed by atoms with Crippen molar-refractivity contribution < 1.29 is 0 Å². The van der Waals surface area contributed by atoms with Crippen LogP contribution < -0.4 is 5.32 Å². The molecule has 0 unspecified atom stereocenters. The van der Waals surface area contributed by atoms with Crippen LogP contribution in [-0.4, -0.2) is 0 Å². The molecule has 0 bridgehead atoms. The highest BCUT2D eigenvalue weighted by molar-refractivity contribution is 5.91. The van der Waals surface area contributed by atoms with E-state index in [-0.39, 0.29) is 5.41 Å². The lowest BCUT2D eigenvalue weighted by Gasteiger charge is -2.29. The van der Waals surface area contributed by atoms with E-state index in [1.54, 1.807) is 0 Å². The molecule has 0 heterocycles. The topological polar surface area (TPSA) is 12.0 Å². The van der Waals surface area contributed by atoms with Gasteiger partial charge in [-0.25, -0.2) is 0 Å². The molecule has 188 valence electrons. The summed E-state index contributed by atoms with van der Waals surface area (Å²) in [5, 5.41) is 3.78. The van der Waals surface area contributed by atoms with Gasteiger partial charge in [-0.2, -0.15) is 0 Å². The zero-order valence-electron chi connectivity index (χ0n) is 22.4. The van der Waals surface area contributed by atoms with Gasteiger partial charge in [-0.15, -0.1) is 0 Å². The van der Waals surface area contributed by atoms with E-state index in [9.17, 15) is 0 Å². The molecule has 0 fully saturated rings. The van der Waals surface area contributed by atoms with Gasteiger partial charge in [0, 0.05) is 11.4 Å². The van der Waals surface area contributed by atoms with Crippen molar-refractivity contribution in [3.8, 4) is 11.1 Å². The Morgan fingerprint density at radius 2 is 1.50 bits per heavy atom. The number of allylic oxidation sites excluding steroid dienone is 5. The van der Waals surface area contributed by atoms with Crippen LogP contribution in [0, 0.1) is 0 Å². The summed E-state index contributed by atoms with van der Waals surface area (Å²) in [6.45, 7) is 8.45. The second-order valence-electron chi connectivity index (χ2n) is 10.5. The van der Waals surface area contributed by atoms with Crippen LogP contribution in [0.5, 0.6) is 0 Å². The fourth-order valence-corrected chi connectivity index (χ4v) is 6.51. The Morgan fingerprint density at radius 3 is 2.18 bits per heavy atom. The van der Waals surface area contributed by atoms with Crippen LogP contribution in [-0.2, 0) is 11.8 Å². The van der Waals surface area contributed by atoms with Crippen LogP contribution in [0.2, 0.25) is 0 Å². The molecule has 0 saturated heterocycles. The summed E-state index contributed by atoms with van der Waals surface area (Å²) < 4.78 is 0. The fourth-order valence-electron chi connectivity index (χ4n) is 6.51. The van der Waals surface area contributed by atoms with Gasteiger partial charge < -0.3 is 5.32 Å². The van der Waals surface area contributed by atoms with Crippen LogP contribution in [0.25, 0.3) is 16.7 Å². The summed E-state index contributed by atoms with van der Waals surface area (Å²) in [6.07, 6.45) is 10.7. The smallest absolute Gasteiger partial charge is 0.0510 e. The summed E-state index contributed by atoms with van der Waals surface area (Å²) in [7, 11) is 0. The van der Waals surface area contributed by atoms with E-state index < -0.39 is 0 Å². The van der Waals surface area contributed by atoms with Crippen molar-refractivity contribution in [2.75, 3.05) is 5.32 Å². The van der Waals surface area contributed by atoms with E-state index >= 15 is 0 Å². The van der Waals surface area contributed by atoms with Crippen molar-refractivity contribution in [1.82, 2.24) is 0 Å². The van der Waals surface area contributed by atoms with Gasteiger partial charge in [0.15, 0.2) is 0 Å². The van der Waals surface area contributed by atoms with E-state index in [2.05, 4.69) is 129 Å². The summed E-state index contributed by atoms with van der Waals surface area (Å²) in [5.74, 6) is 0. The fraction of sp³-hybridized carbons (Fsp3) is 0.189. The molecule has 1 spiro atoms. The van der Waals surface area contributed by atoms with Crippen molar-refractivity contribution >= 4 is 16.9 Å². The van der Waals surface area contributed by atoms with Crippen LogP contribution in [0.15, 0.2) is 121 Å². The van der Waals surface area contributed by atoms with E-state index in [1.165, 1.54) is 55.8 Å². The molecule has 38 heavy (non-hydrogen) atoms. The Morgan fingerprint density at radius 1 is 0.816 bits per heavy atom. The minimum atomic E-state index is -0.191. The molecule has 2 aliphatic rings. The largest absolute Gasteiger partial charge is 0.355 e. The zero-order valence-corrected chi connectivity index (χ0v) is 22.4. The van der Waals surface area contributed by atoms with Crippen LogP contribution >= 0.6 is 0 Å². The number of nitrogens with one attached hydrogen (secondary N) is 1. The highest BCUT2D eigenvalue weighted by Crippen LogP contribution is 2.61. The monoisotopic (exact) mass is 493 g/mol. The van der Waals surface area contributed by atoms with E-state index in [0.29, 0.717) is 0 Å². The van der Waals surface area contributed by atoms with Crippen LogP contribution in [0.3, 0.4) is 0 Å². The number of hydrogen-bond acceptors (Lipinski definition) is 1. The molecule has 0 aromatic heterocycles. The first kappa shape index (κ1) is 24.2. The third-order valence-corrected chi connectivity index (χ3v) is 8.33. The number of anilines is 2. The molecule has 0 radical (unpaired) electrons. The van der Waals surface area contributed by atoms with E-state index in [4.69, 9.17) is 0 Å². The lowest BCUT2D eigenvalue weighted by atomic mass is 9.73. The molecule has 6 rings (SSSR count). The molecule has 0 saturated carbocycles. The second kappa shape index (κ2) is 9.99. The predicted octanol–water partition coefficient (Wildman–Crippen LogP) is 10.0. The molecule has 1 N–H and O–H groups in total. The van der Waals surface area contributed by atoms with Gasteiger partial charge >= 0.3 is 0 Å². The molecule has 0 aliphatic heterocycles. The number of hydrogen-bond donors (Lipinski definition) is 1. The van der Waals surface area contributed by atoms with Crippen molar-refractivity contribution in [3.05, 3.63) is 149 Å². The molecule has 1 heteroatoms. The van der Waals surface area contributed by atoms with Gasteiger partial charge in [-0.05, 0) is 87.6 Å². The van der Waals surface area contributed by atoms with Gasteiger partial charge in [0.05, 0.1) is 5.41 Å². The van der Waals surface area contributed by atoms with Gasteiger partial charge in [0.2, 0.25) is 0 Å². The highest BCUT2D eigenvalue weighted by atomic mass is 14.9. The molecule has 4 aromatic rings. The average Bonchev–Trinajstić information content (AvgIpc) is 3.44. The number of rotatable bonds is 7. The van der Waals surface area contributed by atoms with Crippen molar-refractivity contribution in [3.63, 3.8) is 0 Å². The van der Waals surface area contributed by atoms with Gasteiger partial charge in [-0.3, -0.25) is 0 Å². The lowest BCUT2D eigenvalue weighted by molar-refractivity contribution is 0.682. The first-order valence-corrected chi connectivity index (χ1v) is 13.9. The Hall–Kier alpha value is -4.10. The average molecular weight is 494 g/mol. The molecule has 2 aliphatic carbocycles. The Balaban J connectivity index is 1.55. The summed E-state index contributed by atoms with van der Waals surface area (Å²) in [4.78, 5) is 0. The van der Waals surface area contributed by atoms with Crippen molar-refractivity contribution in [1.29, 1.82) is 0 Å². The highest BCUT2D eigenvalue weighted by Gasteiger charge is 2.49. The molecular formula is C37H35N. The maximum Gasteiger partial charge on any atom is 0.0510 e. The number of benzene rings is 4. The first-order chi connectivity index (χ1) is 18.7. The minimum absolute atomic E-state index is 0.191. The molecule has 4 aromatic carbocycles. The third-order valence-electron chi connectivity index (χ3n) is 8.33. The van der Waals surface area contributed by atoms with Gasteiger partial charge in [0.25, 0.3) is 0 Å². The first-order valence-electron chi connectivity index (χ1n) is 13.9. The van der Waals surface area contributed by atoms with Gasteiger partial charge in [-0.1, -0.05) is 118 Å². The van der Waals surface area contributed by atoms with Crippen LogP contribution in [0.4, 0.5) is 11.4 Å². The SMILES string of the molecule is C=C/C(=C/C=C1\CC2(c3cc(Nc4ccccc4CCC)ccc31)c1ccccc1-c1ccccc12)CC. The minimum Gasteiger partial charge on any atom is -0.355 e. The van der Waals surface area contributed by atoms with E-state index in [1.807, 2.05) is 6.08 Å².